The first-order valence-corrected chi connectivity index (χ1v) is 12.4. The maximum atomic E-state index is 11.6. The smallest absolute Gasteiger partial charge is 0.305 e. The lowest BCUT2D eigenvalue weighted by Crippen LogP contribution is -2.07. The van der Waals surface area contributed by atoms with E-state index in [0.29, 0.717) is 32.0 Å². The first-order chi connectivity index (χ1) is 14.1. The van der Waals surface area contributed by atoms with E-state index in [1.807, 2.05) is 0 Å². The molecule has 0 fully saturated rings. The maximum Gasteiger partial charge on any atom is 0.305 e. The summed E-state index contributed by atoms with van der Waals surface area (Å²) in [5, 5.41) is 0. The van der Waals surface area contributed by atoms with Gasteiger partial charge in [-0.15, -0.1) is 0 Å². The number of carbonyl (C=O) groups is 2. The van der Waals surface area contributed by atoms with E-state index in [4.69, 9.17) is 9.47 Å². The number of unbranched alkanes of at least 4 members (excludes halogenated alkanes) is 10. The lowest BCUT2D eigenvalue weighted by atomic mass is 9.97. The molecule has 0 amide bonds. The second-order valence-electron chi connectivity index (χ2n) is 8.51. The molecule has 0 saturated carbocycles. The van der Waals surface area contributed by atoms with Crippen molar-refractivity contribution in [3.05, 3.63) is 0 Å². The fourth-order valence-corrected chi connectivity index (χ4v) is 3.31. The normalized spacial score (nSPS) is 12.0. The van der Waals surface area contributed by atoms with Gasteiger partial charge in [0, 0.05) is 12.8 Å². The van der Waals surface area contributed by atoms with Crippen LogP contribution in [0.2, 0.25) is 0 Å². The van der Waals surface area contributed by atoms with Crippen LogP contribution in [0.25, 0.3) is 0 Å². The van der Waals surface area contributed by atoms with Gasteiger partial charge >= 0.3 is 11.9 Å². The van der Waals surface area contributed by atoms with Crippen LogP contribution in [0.15, 0.2) is 0 Å². The van der Waals surface area contributed by atoms with E-state index in [9.17, 15) is 9.59 Å². The molecule has 0 heterocycles. The topological polar surface area (TPSA) is 52.6 Å². The van der Waals surface area contributed by atoms with Crippen molar-refractivity contribution in [3.8, 4) is 0 Å². The molecule has 4 heteroatoms. The zero-order valence-corrected chi connectivity index (χ0v) is 19.6. The van der Waals surface area contributed by atoms with Gasteiger partial charge in [-0.1, -0.05) is 91.4 Å². The van der Waals surface area contributed by atoms with E-state index in [1.54, 1.807) is 0 Å². The van der Waals surface area contributed by atoms with Crippen LogP contribution >= 0.6 is 0 Å². The average Bonchev–Trinajstić information content (AvgIpc) is 2.70. The Morgan fingerprint density at radius 2 is 1.03 bits per heavy atom. The lowest BCUT2D eigenvalue weighted by Gasteiger charge is -2.11. The van der Waals surface area contributed by atoms with Crippen molar-refractivity contribution in [1.82, 2.24) is 0 Å². The second-order valence-corrected chi connectivity index (χ2v) is 8.51. The molecule has 0 saturated heterocycles. The Labute approximate surface area is 180 Å². The van der Waals surface area contributed by atoms with Crippen molar-refractivity contribution >= 4 is 11.9 Å². The highest BCUT2D eigenvalue weighted by Gasteiger charge is 2.07. The van der Waals surface area contributed by atoms with Crippen molar-refractivity contribution in [2.24, 2.45) is 5.92 Å². The van der Waals surface area contributed by atoms with Gasteiger partial charge in [-0.25, -0.2) is 0 Å². The molecule has 0 radical (unpaired) electrons. The summed E-state index contributed by atoms with van der Waals surface area (Å²) in [6.07, 6.45) is 18.5. The van der Waals surface area contributed by atoms with Gasteiger partial charge in [0.15, 0.2) is 0 Å². The third-order valence-electron chi connectivity index (χ3n) is 5.44. The van der Waals surface area contributed by atoms with Crippen LogP contribution in [0.1, 0.15) is 130 Å². The Kier molecular flexibility index (Phi) is 20.9. The summed E-state index contributed by atoms with van der Waals surface area (Å²) in [7, 11) is 0. The summed E-state index contributed by atoms with van der Waals surface area (Å²) < 4.78 is 10.4. The number of esters is 2. The minimum atomic E-state index is -0.0290. The zero-order valence-electron chi connectivity index (χ0n) is 19.6. The molecule has 0 rings (SSSR count). The van der Waals surface area contributed by atoms with E-state index in [1.165, 1.54) is 51.4 Å². The Balaban J connectivity index is 3.30. The van der Waals surface area contributed by atoms with E-state index in [-0.39, 0.29) is 11.9 Å². The summed E-state index contributed by atoms with van der Waals surface area (Å²) in [6.45, 7) is 7.62. The van der Waals surface area contributed by atoms with Crippen molar-refractivity contribution in [1.29, 1.82) is 0 Å². The number of hydrogen-bond acceptors (Lipinski definition) is 4. The van der Waals surface area contributed by atoms with Crippen LogP contribution in [0.3, 0.4) is 0 Å². The monoisotopic (exact) mass is 412 g/mol. The minimum absolute atomic E-state index is 0.0268. The fourth-order valence-electron chi connectivity index (χ4n) is 3.31. The molecule has 0 aliphatic heterocycles. The summed E-state index contributed by atoms with van der Waals surface area (Å²) in [6, 6.07) is 0. The molecule has 0 aliphatic carbocycles. The molecule has 0 bridgehead atoms. The van der Waals surface area contributed by atoms with Crippen molar-refractivity contribution < 1.29 is 19.1 Å². The number of rotatable bonds is 21. The van der Waals surface area contributed by atoms with E-state index in [2.05, 4.69) is 20.8 Å². The predicted molar refractivity (Wildman–Crippen MR) is 121 cm³/mol. The van der Waals surface area contributed by atoms with Gasteiger partial charge in [0.05, 0.1) is 13.2 Å². The number of carbonyl (C=O) groups excluding carboxylic acids is 2. The zero-order chi connectivity index (χ0) is 21.6. The van der Waals surface area contributed by atoms with Crippen LogP contribution in [0.5, 0.6) is 0 Å². The van der Waals surface area contributed by atoms with Gasteiger partial charge in [-0.05, 0) is 31.6 Å². The maximum absolute atomic E-state index is 11.6. The summed E-state index contributed by atoms with van der Waals surface area (Å²) in [4.78, 5) is 23.1. The van der Waals surface area contributed by atoms with Gasteiger partial charge in [-0.2, -0.15) is 0 Å². The third kappa shape index (κ3) is 21.5. The Morgan fingerprint density at radius 3 is 1.55 bits per heavy atom. The Morgan fingerprint density at radius 1 is 0.586 bits per heavy atom. The van der Waals surface area contributed by atoms with Crippen LogP contribution in [0.4, 0.5) is 0 Å². The van der Waals surface area contributed by atoms with E-state index in [0.717, 1.165) is 44.9 Å². The molecule has 1 atom stereocenters. The molecule has 0 aromatic heterocycles. The molecule has 0 aromatic carbocycles. The Hall–Kier alpha value is -1.06. The largest absolute Gasteiger partial charge is 0.466 e. The fraction of sp³-hybridized carbons (Fsp3) is 0.920. The molecule has 1 unspecified atom stereocenters. The second kappa shape index (κ2) is 21.6. The quantitative estimate of drug-likeness (QED) is 0.146. The molecule has 29 heavy (non-hydrogen) atoms. The van der Waals surface area contributed by atoms with Gasteiger partial charge in [-0.3, -0.25) is 9.59 Å². The number of hydrogen-bond donors (Lipinski definition) is 0. The number of ether oxygens (including phenoxy) is 2. The molecule has 4 nitrogen and oxygen atoms in total. The first-order valence-electron chi connectivity index (χ1n) is 12.4. The average molecular weight is 413 g/mol. The van der Waals surface area contributed by atoms with E-state index < -0.39 is 0 Å². The van der Waals surface area contributed by atoms with Gasteiger partial charge < -0.3 is 9.47 Å². The SMILES string of the molecule is CCCCOC(=O)CCCCCCCCCCCC(C)CCC(=O)OCCCC. The van der Waals surface area contributed by atoms with Crippen molar-refractivity contribution in [2.75, 3.05) is 13.2 Å². The minimum Gasteiger partial charge on any atom is -0.466 e. The van der Waals surface area contributed by atoms with Crippen molar-refractivity contribution in [3.63, 3.8) is 0 Å². The van der Waals surface area contributed by atoms with Crippen LogP contribution in [-0.4, -0.2) is 25.2 Å². The summed E-state index contributed by atoms with van der Waals surface area (Å²) in [5.74, 6) is 0.558. The molecular formula is C25H48O4. The van der Waals surface area contributed by atoms with Gasteiger partial charge in [0.1, 0.15) is 0 Å². The Bertz CT molecular complexity index is 381. The lowest BCUT2D eigenvalue weighted by molar-refractivity contribution is -0.144. The van der Waals surface area contributed by atoms with Crippen LogP contribution < -0.4 is 0 Å². The molecule has 0 spiro atoms. The van der Waals surface area contributed by atoms with Crippen molar-refractivity contribution in [2.45, 2.75) is 130 Å². The molecule has 0 aliphatic rings. The highest BCUT2D eigenvalue weighted by molar-refractivity contribution is 5.69. The van der Waals surface area contributed by atoms with E-state index >= 15 is 0 Å². The van der Waals surface area contributed by atoms with Crippen LogP contribution in [0, 0.1) is 5.92 Å². The molecule has 0 N–H and O–H groups in total. The molecule has 0 aromatic rings. The highest BCUT2D eigenvalue weighted by atomic mass is 16.5. The first kappa shape index (κ1) is 27.9. The molecular weight excluding hydrogens is 364 g/mol. The van der Waals surface area contributed by atoms with Gasteiger partial charge in [0.2, 0.25) is 0 Å². The summed E-state index contributed by atoms with van der Waals surface area (Å²) >= 11 is 0. The summed E-state index contributed by atoms with van der Waals surface area (Å²) in [5.41, 5.74) is 0. The van der Waals surface area contributed by atoms with Crippen LogP contribution in [-0.2, 0) is 19.1 Å². The predicted octanol–water partition coefficient (Wildman–Crippen LogP) is 7.38. The third-order valence-corrected chi connectivity index (χ3v) is 5.44. The standard InChI is InChI=1S/C25H48O4/c1-4-6-21-28-24(26)18-16-14-12-10-8-9-11-13-15-17-23(3)19-20-25(27)29-22-7-5-2/h23H,4-22H2,1-3H3. The highest BCUT2D eigenvalue weighted by Crippen LogP contribution is 2.17. The van der Waals surface area contributed by atoms with Gasteiger partial charge in [0.25, 0.3) is 0 Å². The molecule has 172 valence electrons.